The summed E-state index contributed by atoms with van der Waals surface area (Å²) < 4.78 is 11.0. The highest BCUT2D eigenvalue weighted by Gasteiger charge is 2.08. The minimum atomic E-state index is 0.338. The van der Waals surface area contributed by atoms with Gasteiger partial charge in [0.2, 0.25) is 5.88 Å². The van der Waals surface area contributed by atoms with E-state index in [1.54, 1.807) is 25.2 Å². The minimum absolute atomic E-state index is 0.338. The average Bonchev–Trinajstić information content (AvgIpc) is 2.47. The first-order valence-electron chi connectivity index (χ1n) is 6.28. The molecule has 1 aromatic carbocycles. The van der Waals surface area contributed by atoms with Crippen LogP contribution in [0.2, 0.25) is 5.02 Å². The minimum Gasteiger partial charge on any atom is -0.437 e. The highest BCUT2D eigenvalue weighted by molar-refractivity contribution is 6.32. The molecule has 1 N–H and O–H groups in total. The molecule has 2 aromatic rings. The maximum atomic E-state index is 6.06. The molecule has 2 rings (SSSR count). The lowest BCUT2D eigenvalue weighted by Crippen LogP contribution is -2.04. The predicted octanol–water partition coefficient (Wildman–Crippen LogP) is 3.50. The van der Waals surface area contributed by atoms with Gasteiger partial charge in [-0.3, -0.25) is 0 Å². The van der Waals surface area contributed by atoms with Gasteiger partial charge >= 0.3 is 0 Å². The maximum absolute atomic E-state index is 6.06. The largest absolute Gasteiger partial charge is 0.437 e. The number of nitrogens with zero attached hydrogens (tertiary/aromatic N) is 2. The van der Waals surface area contributed by atoms with Crippen LogP contribution in [0.5, 0.6) is 11.6 Å². The molecule has 0 saturated heterocycles. The van der Waals surface area contributed by atoms with E-state index in [2.05, 4.69) is 15.3 Å². The topological polar surface area (TPSA) is 56.3 Å². The van der Waals surface area contributed by atoms with Crippen LogP contribution in [0.1, 0.15) is 12.7 Å². The van der Waals surface area contributed by atoms with Crippen LogP contribution in [-0.2, 0) is 11.3 Å². The summed E-state index contributed by atoms with van der Waals surface area (Å²) in [4.78, 5) is 8.59. The third kappa shape index (κ3) is 3.82. The molecule has 0 radical (unpaired) electrons. The van der Waals surface area contributed by atoms with Crippen molar-refractivity contribution in [1.29, 1.82) is 0 Å². The van der Waals surface area contributed by atoms with E-state index >= 15 is 0 Å². The van der Waals surface area contributed by atoms with Crippen molar-refractivity contribution in [2.45, 2.75) is 13.5 Å². The van der Waals surface area contributed by atoms with E-state index in [1.165, 1.54) is 0 Å². The van der Waals surface area contributed by atoms with Gasteiger partial charge in [0.05, 0.1) is 5.02 Å². The first-order chi connectivity index (χ1) is 9.72. The molecular formula is C14H16ClN3O2. The number of para-hydroxylation sites is 1. The number of halogens is 1. The SMILES string of the molecule is CCOCc1nc(NC)cc(Oc2ccccc2Cl)n1. The van der Waals surface area contributed by atoms with Crippen LogP contribution in [0.15, 0.2) is 30.3 Å². The standard InChI is InChI=1S/C14H16ClN3O2/c1-3-19-9-13-17-12(16-2)8-14(18-13)20-11-7-5-4-6-10(11)15/h4-8H,3,9H2,1-2H3,(H,16,17,18). The lowest BCUT2D eigenvalue weighted by molar-refractivity contribution is 0.128. The van der Waals surface area contributed by atoms with Gasteiger partial charge in [-0.15, -0.1) is 0 Å². The second-order valence-corrected chi connectivity index (χ2v) is 4.33. The molecule has 106 valence electrons. The first-order valence-corrected chi connectivity index (χ1v) is 6.66. The Bertz CT molecular complexity index is 578. The Balaban J connectivity index is 2.24. The Labute approximate surface area is 122 Å². The summed E-state index contributed by atoms with van der Waals surface area (Å²) in [6.07, 6.45) is 0. The van der Waals surface area contributed by atoms with Crippen molar-refractivity contribution >= 4 is 17.4 Å². The van der Waals surface area contributed by atoms with Gasteiger partial charge in [-0.2, -0.15) is 4.98 Å². The maximum Gasteiger partial charge on any atom is 0.224 e. The van der Waals surface area contributed by atoms with E-state index in [0.717, 1.165) is 0 Å². The van der Waals surface area contributed by atoms with Crippen molar-refractivity contribution < 1.29 is 9.47 Å². The van der Waals surface area contributed by atoms with Crippen molar-refractivity contribution in [3.05, 3.63) is 41.2 Å². The molecule has 20 heavy (non-hydrogen) atoms. The average molecular weight is 294 g/mol. The highest BCUT2D eigenvalue weighted by Crippen LogP contribution is 2.28. The third-order valence-corrected chi connectivity index (χ3v) is 2.80. The zero-order chi connectivity index (χ0) is 14.4. The smallest absolute Gasteiger partial charge is 0.224 e. The van der Waals surface area contributed by atoms with Gasteiger partial charge in [0.15, 0.2) is 5.82 Å². The summed E-state index contributed by atoms with van der Waals surface area (Å²) >= 11 is 6.06. The molecule has 0 aliphatic rings. The van der Waals surface area contributed by atoms with Gasteiger partial charge in [0.1, 0.15) is 18.2 Å². The van der Waals surface area contributed by atoms with E-state index in [0.29, 0.717) is 41.5 Å². The van der Waals surface area contributed by atoms with Gasteiger partial charge < -0.3 is 14.8 Å². The molecule has 1 heterocycles. The highest BCUT2D eigenvalue weighted by atomic mass is 35.5. The number of anilines is 1. The second-order valence-electron chi connectivity index (χ2n) is 3.93. The van der Waals surface area contributed by atoms with Crippen molar-refractivity contribution in [3.63, 3.8) is 0 Å². The van der Waals surface area contributed by atoms with Gasteiger partial charge in [0, 0.05) is 19.7 Å². The van der Waals surface area contributed by atoms with Crippen LogP contribution in [0.25, 0.3) is 0 Å². The van der Waals surface area contributed by atoms with Crippen LogP contribution >= 0.6 is 11.6 Å². The molecule has 0 aliphatic heterocycles. The Kier molecular flexibility index (Phi) is 5.15. The molecule has 0 bridgehead atoms. The van der Waals surface area contributed by atoms with Crippen LogP contribution in [-0.4, -0.2) is 23.6 Å². The van der Waals surface area contributed by atoms with Gasteiger partial charge in [-0.25, -0.2) is 4.98 Å². The molecule has 0 fully saturated rings. The summed E-state index contributed by atoms with van der Waals surface area (Å²) in [7, 11) is 1.78. The van der Waals surface area contributed by atoms with Crippen molar-refractivity contribution in [3.8, 4) is 11.6 Å². The summed E-state index contributed by atoms with van der Waals surface area (Å²) in [6.45, 7) is 2.86. The molecule has 0 saturated carbocycles. The Morgan fingerprint density at radius 3 is 2.75 bits per heavy atom. The normalized spacial score (nSPS) is 10.3. The fraction of sp³-hybridized carbons (Fsp3) is 0.286. The Morgan fingerprint density at radius 2 is 2.05 bits per heavy atom. The van der Waals surface area contributed by atoms with Crippen molar-refractivity contribution in [1.82, 2.24) is 9.97 Å². The predicted molar refractivity (Wildman–Crippen MR) is 78.4 cm³/mol. The molecule has 0 unspecified atom stereocenters. The molecule has 0 aliphatic carbocycles. The molecule has 0 spiro atoms. The molecule has 5 nitrogen and oxygen atoms in total. The number of hydrogen-bond donors (Lipinski definition) is 1. The van der Waals surface area contributed by atoms with E-state index in [4.69, 9.17) is 21.1 Å². The quantitative estimate of drug-likeness (QED) is 0.883. The zero-order valence-electron chi connectivity index (χ0n) is 11.4. The van der Waals surface area contributed by atoms with E-state index < -0.39 is 0 Å². The van der Waals surface area contributed by atoms with Gasteiger partial charge in [-0.1, -0.05) is 23.7 Å². The monoisotopic (exact) mass is 293 g/mol. The molecule has 1 aromatic heterocycles. The zero-order valence-corrected chi connectivity index (χ0v) is 12.1. The van der Waals surface area contributed by atoms with Gasteiger partial charge in [-0.05, 0) is 19.1 Å². The number of benzene rings is 1. The summed E-state index contributed by atoms with van der Waals surface area (Å²) in [5, 5.41) is 3.50. The number of aromatic nitrogens is 2. The van der Waals surface area contributed by atoms with E-state index in [1.807, 2.05) is 19.1 Å². The lowest BCUT2D eigenvalue weighted by atomic mass is 10.3. The second kappa shape index (κ2) is 7.07. The Morgan fingerprint density at radius 1 is 1.25 bits per heavy atom. The van der Waals surface area contributed by atoms with E-state index in [-0.39, 0.29) is 0 Å². The van der Waals surface area contributed by atoms with Crippen LogP contribution in [0, 0.1) is 0 Å². The van der Waals surface area contributed by atoms with Crippen molar-refractivity contribution in [2.75, 3.05) is 19.0 Å². The fourth-order valence-corrected chi connectivity index (χ4v) is 1.73. The molecule has 6 heteroatoms. The van der Waals surface area contributed by atoms with Crippen LogP contribution in [0.3, 0.4) is 0 Å². The molecular weight excluding hydrogens is 278 g/mol. The van der Waals surface area contributed by atoms with Crippen LogP contribution in [0.4, 0.5) is 5.82 Å². The number of nitrogens with one attached hydrogen (secondary N) is 1. The molecule has 0 atom stereocenters. The fourth-order valence-electron chi connectivity index (χ4n) is 1.55. The summed E-state index contributed by atoms with van der Waals surface area (Å²) in [6, 6.07) is 8.94. The first kappa shape index (κ1) is 14.6. The lowest BCUT2D eigenvalue weighted by Gasteiger charge is -2.10. The summed E-state index contributed by atoms with van der Waals surface area (Å²) in [5.41, 5.74) is 0. The Hall–Kier alpha value is -1.85. The third-order valence-electron chi connectivity index (χ3n) is 2.49. The summed E-state index contributed by atoms with van der Waals surface area (Å²) in [5.74, 6) is 2.20. The van der Waals surface area contributed by atoms with E-state index in [9.17, 15) is 0 Å². The molecule has 0 amide bonds. The number of rotatable bonds is 6. The van der Waals surface area contributed by atoms with Gasteiger partial charge in [0.25, 0.3) is 0 Å². The number of ether oxygens (including phenoxy) is 2. The van der Waals surface area contributed by atoms with Crippen LogP contribution < -0.4 is 10.1 Å². The van der Waals surface area contributed by atoms with Crippen molar-refractivity contribution in [2.24, 2.45) is 0 Å². The number of hydrogen-bond acceptors (Lipinski definition) is 5.